The molecule has 0 radical (unpaired) electrons. The van der Waals surface area contributed by atoms with Crippen LogP contribution in [0, 0.1) is 0 Å². The highest BCUT2D eigenvalue weighted by atomic mass is 16.6. The lowest BCUT2D eigenvalue weighted by molar-refractivity contribution is 0.197. The van der Waals surface area contributed by atoms with Crippen molar-refractivity contribution in [2.45, 2.75) is 13.0 Å². The van der Waals surface area contributed by atoms with Gasteiger partial charge in [0.05, 0.1) is 13.2 Å². The maximum atomic E-state index is 11.8. The van der Waals surface area contributed by atoms with E-state index in [0.29, 0.717) is 5.75 Å². The molecule has 0 unspecified atom stereocenters. The van der Waals surface area contributed by atoms with Crippen LogP contribution in [0.5, 0.6) is 11.5 Å². The third-order valence-corrected chi connectivity index (χ3v) is 2.88. The highest BCUT2D eigenvalue weighted by molar-refractivity contribution is 5.70. The van der Waals surface area contributed by atoms with E-state index in [1.807, 2.05) is 49.4 Å². The zero-order valence-corrected chi connectivity index (χ0v) is 11.5. The first-order chi connectivity index (χ1) is 9.69. The fourth-order valence-corrected chi connectivity index (χ4v) is 1.80. The van der Waals surface area contributed by atoms with Crippen LogP contribution < -0.4 is 14.8 Å². The molecule has 4 heteroatoms. The molecule has 0 saturated carbocycles. The number of para-hydroxylation sites is 1. The minimum Gasteiger partial charge on any atom is -0.497 e. The van der Waals surface area contributed by atoms with Gasteiger partial charge in [-0.3, -0.25) is 0 Å². The molecule has 0 bridgehead atoms. The van der Waals surface area contributed by atoms with Gasteiger partial charge in [-0.25, -0.2) is 4.79 Å². The second-order valence-corrected chi connectivity index (χ2v) is 4.35. The number of ether oxygens (including phenoxy) is 2. The maximum absolute atomic E-state index is 11.8. The number of amides is 1. The van der Waals surface area contributed by atoms with Crippen molar-refractivity contribution in [3.63, 3.8) is 0 Å². The third-order valence-electron chi connectivity index (χ3n) is 2.88. The summed E-state index contributed by atoms with van der Waals surface area (Å²) in [5.41, 5.74) is 0.953. The van der Waals surface area contributed by atoms with Gasteiger partial charge in [0.25, 0.3) is 0 Å². The summed E-state index contributed by atoms with van der Waals surface area (Å²) in [5, 5.41) is 2.78. The molecule has 4 nitrogen and oxygen atoms in total. The second-order valence-electron chi connectivity index (χ2n) is 4.35. The van der Waals surface area contributed by atoms with E-state index < -0.39 is 6.09 Å². The quantitative estimate of drug-likeness (QED) is 0.925. The summed E-state index contributed by atoms with van der Waals surface area (Å²) in [5.74, 6) is 1.27. The Morgan fingerprint density at radius 3 is 2.45 bits per heavy atom. The number of hydrogen-bond acceptors (Lipinski definition) is 3. The van der Waals surface area contributed by atoms with Gasteiger partial charge in [-0.2, -0.15) is 0 Å². The van der Waals surface area contributed by atoms with Crippen molar-refractivity contribution in [3.05, 3.63) is 60.2 Å². The molecule has 0 fully saturated rings. The molecule has 0 saturated heterocycles. The van der Waals surface area contributed by atoms with Crippen molar-refractivity contribution in [3.8, 4) is 11.5 Å². The fourth-order valence-electron chi connectivity index (χ4n) is 1.80. The van der Waals surface area contributed by atoms with E-state index in [2.05, 4.69) is 5.32 Å². The van der Waals surface area contributed by atoms with Crippen LogP contribution in [-0.4, -0.2) is 13.2 Å². The van der Waals surface area contributed by atoms with Crippen molar-refractivity contribution in [1.82, 2.24) is 5.32 Å². The van der Waals surface area contributed by atoms with Crippen LogP contribution in [0.3, 0.4) is 0 Å². The SMILES string of the molecule is COc1cccc([C@H](C)NC(=O)Oc2ccccc2)c1. The van der Waals surface area contributed by atoms with Crippen LogP contribution in [0.2, 0.25) is 0 Å². The Morgan fingerprint density at radius 1 is 1.05 bits per heavy atom. The average Bonchev–Trinajstić information content (AvgIpc) is 2.48. The zero-order valence-electron chi connectivity index (χ0n) is 11.5. The first-order valence-corrected chi connectivity index (χ1v) is 6.36. The Hall–Kier alpha value is -2.49. The Bertz CT molecular complexity index is 569. The molecule has 2 rings (SSSR count). The van der Waals surface area contributed by atoms with Crippen molar-refractivity contribution in [1.29, 1.82) is 0 Å². The molecule has 2 aromatic rings. The normalized spacial score (nSPS) is 11.5. The number of hydrogen-bond donors (Lipinski definition) is 1. The lowest BCUT2D eigenvalue weighted by Gasteiger charge is -2.15. The standard InChI is InChI=1S/C16H17NO3/c1-12(13-7-6-10-15(11-13)19-2)17-16(18)20-14-8-4-3-5-9-14/h3-12H,1-2H3,(H,17,18)/t12-/m0/s1. The smallest absolute Gasteiger partial charge is 0.413 e. The van der Waals surface area contributed by atoms with E-state index >= 15 is 0 Å². The van der Waals surface area contributed by atoms with Crippen molar-refractivity contribution >= 4 is 6.09 Å². The summed E-state index contributed by atoms with van der Waals surface area (Å²) >= 11 is 0. The van der Waals surface area contributed by atoms with Gasteiger partial charge >= 0.3 is 6.09 Å². The van der Waals surface area contributed by atoms with E-state index in [1.54, 1.807) is 19.2 Å². The molecule has 1 N–H and O–H groups in total. The summed E-state index contributed by atoms with van der Waals surface area (Å²) in [6.45, 7) is 1.89. The Kier molecular flexibility index (Phi) is 4.60. The molecular formula is C16H17NO3. The van der Waals surface area contributed by atoms with Gasteiger partial charge in [-0.15, -0.1) is 0 Å². The monoisotopic (exact) mass is 271 g/mol. The van der Waals surface area contributed by atoms with Crippen LogP contribution in [0.1, 0.15) is 18.5 Å². The summed E-state index contributed by atoms with van der Waals surface area (Å²) in [6.07, 6.45) is -0.480. The predicted molar refractivity (Wildman–Crippen MR) is 77.0 cm³/mol. The molecule has 104 valence electrons. The van der Waals surface area contributed by atoms with Gasteiger partial charge in [0.15, 0.2) is 0 Å². The lowest BCUT2D eigenvalue weighted by Crippen LogP contribution is -2.29. The molecule has 0 aliphatic carbocycles. The molecule has 1 atom stereocenters. The number of nitrogens with one attached hydrogen (secondary N) is 1. The van der Waals surface area contributed by atoms with Crippen molar-refractivity contribution < 1.29 is 14.3 Å². The van der Waals surface area contributed by atoms with Crippen LogP contribution in [0.25, 0.3) is 0 Å². The predicted octanol–water partition coefficient (Wildman–Crippen LogP) is 3.54. The molecule has 1 amide bonds. The van der Waals surface area contributed by atoms with E-state index in [1.165, 1.54) is 0 Å². The van der Waals surface area contributed by atoms with Crippen LogP contribution in [-0.2, 0) is 0 Å². The minimum atomic E-state index is -0.480. The first-order valence-electron chi connectivity index (χ1n) is 6.36. The molecule has 0 aliphatic rings. The van der Waals surface area contributed by atoms with Crippen LogP contribution >= 0.6 is 0 Å². The molecule has 20 heavy (non-hydrogen) atoms. The van der Waals surface area contributed by atoms with Gasteiger partial charge < -0.3 is 14.8 Å². The lowest BCUT2D eigenvalue weighted by atomic mass is 10.1. The molecule has 2 aromatic carbocycles. The van der Waals surface area contributed by atoms with Gasteiger partial charge in [0, 0.05) is 0 Å². The second kappa shape index (κ2) is 6.61. The van der Waals surface area contributed by atoms with E-state index in [0.717, 1.165) is 11.3 Å². The van der Waals surface area contributed by atoms with Crippen molar-refractivity contribution in [2.24, 2.45) is 0 Å². The van der Waals surface area contributed by atoms with E-state index in [-0.39, 0.29) is 6.04 Å². The Morgan fingerprint density at radius 2 is 1.75 bits per heavy atom. The molecule has 0 aliphatic heterocycles. The molecule has 0 aromatic heterocycles. The van der Waals surface area contributed by atoms with E-state index in [4.69, 9.17) is 9.47 Å². The third kappa shape index (κ3) is 3.75. The average molecular weight is 271 g/mol. The number of rotatable bonds is 4. The summed E-state index contributed by atoms with van der Waals surface area (Å²) < 4.78 is 10.3. The topological polar surface area (TPSA) is 47.6 Å². The van der Waals surface area contributed by atoms with Crippen LogP contribution in [0.4, 0.5) is 4.79 Å². The summed E-state index contributed by atoms with van der Waals surface area (Å²) in [4.78, 5) is 11.8. The highest BCUT2D eigenvalue weighted by Crippen LogP contribution is 2.19. The van der Waals surface area contributed by atoms with E-state index in [9.17, 15) is 4.79 Å². The zero-order chi connectivity index (χ0) is 14.4. The first kappa shape index (κ1) is 13.9. The van der Waals surface area contributed by atoms with Gasteiger partial charge in [-0.1, -0.05) is 30.3 Å². The van der Waals surface area contributed by atoms with Gasteiger partial charge in [0.1, 0.15) is 11.5 Å². The maximum Gasteiger partial charge on any atom is 0.413 e. The molecule has 0 heterocycles. The largest absolute Gasteiger partial charge is 0.497 e. The summed E-state index contributed by atoms with van der Waals surface area (Å²) in [6, 6.07) is 16.3. The number of carbonyl (C=O) groups is 1. The fraction of sp³-hybridized carbons (Fsp3) is 0.188. The Labute approximate surface area is 118 Å². The number of methoxy groups -OCH3 is 1. The number of carbonyl (C=O) groups excluding carboxylic acids is 1. The van der Waals surface area contributed by atoms with Gasteiger partial charge in [0.2, 0.25) is 0 Å². The van der Waals surface area contributed by atoms with Crippen LogP contribution in [0.15, 0.2) is 54.6 Å². The van der Waals surface area contributed by atoms with Crippen molar-refractivity contribution in [2.75, 3.05) is 7.11 Å². The molecule has 0 spiro atoms. The minimum absolute atomic E-state index is 0.165. The highest BCUT2D eigenvalue weighted by Gasteiger charge is 2.11. The molecular weight excluding hydrogens is 254 g/mol. The Balaban J connectivity index is 1.96. The summed E-state index contributed by atoms with van der Waals surface area (Å²) in [7, 11) is 1.61. The number of benzene rings is 2. The van der Waals surface area contributed by atoms with Gasteiger partial charge in [-0.05, 0) is 36.8 Å².